The van der Waals surface area contributed by atoms with Crippen molar-refractivity contribution in [1.82, 2.24) is 4.90 Å². The van der Waals surface area contributed by atoms with Crippen LogP contribution in [0.2, 0.25) is 0 Å². The molecule has 1 aliphatic heterocycles. The molecule has 1 heterocycles. The van der Waals surface area contributed by atoms with Crippen molar-refractivity contribution in [3.05, 3.63) is 0 Å². The van der Waals surface area contributed by atoms with Crippen LogP contribution in [-0.2, 0) is 4.79 Å². The van der Waals surface area contributed by atoms with E-state index >= 15 is 0 Å². The number of hydrogen-bond donors (Lipinski definition) is 2. The van der Waals surface area contributed by atoms with Gasteiger partial charge in [0, 0.05) is 13.1 Å². The Morgan fingerprint density at radius 1 is 1.83 bits per heavy atom. The summed E-state index contributed by atoms with van der Waals surface area (Å²) in [6.45, 7) is 1.12. The SMILES string of the molecule is N#CCN1CCC(N)(C(=O)O)C1. The van der Waals surface area contributed by atoms with Crippen LogP contribution < -0.4 is 5.73 Å². The van der Waals surface area contributed by atoms with E-state index < -0.39 is 11.5 Å². The maximum absolute atomic E-state index is 10.6. The van der Waals surface area contributed by atoms with Crippen LogP contribution in [0.4, 0.5) is 0 Å². The second kappa shape index (κ2) is 3.09. The Morgan fingerprint density at radius 3 is 2.92 bits per heavy atom. The van der Waals surface area contributed by atoms with E-state index in [4.69, 9.17) is 16.1 Å². The maximum atomic E-state index is 10.6. The average Bonchev–Trinajstić information content (AvgIpc) is 2.34. The Kier molecular flexibility index (Phi) is 2.31. The van der Waals surface area contributed by atoms with E-state index in [0.29, 0.717) is 13.0 Å². The lowest BCUT2D eigenvalue weighted by atomic mass is 10.0. The van der Waals surface area contributed by atoms with Crippen LogP contribution in [0.3, 0.4) is 0 Å². The first-order valence-corrected chi connectivity index (χ1v) is 3.70. The van der Waals surface area contributed by atoms with Crippen LogP contribution in [0.15, 0.2) is 0 Å². The van der Waals surface area contributed by atoms with Crippen LogP contribution in [-0.4, -0.2) is 41.1 Å². The minimum absolute atomic E-state index is 0.256. The Hall–Kier alpha value is -1.12. The van der Waals surface area contributed by atoms with Crippen molar-refractivity contribution in [3.63, 3.8) is 0 Å². The molecular formula is C7H11N3O2. The van der Waals surface area contributed by atoms with E-state index in [1.807, 2.05) is 6.07 Å². The summed E-state index contributed by atoms with van der Waals surface area (Å²) < 4.78 is 0. The molecule has 1 aliphatic rings. The Balaban J connectivity index is 2.56. The van der Waals surface area contributed by atoms with Crippen molar-refractivity contribution in [2.24, 2.45) is 5.73 Å². The summed E-state index contributed by atoms with van der Waals surface area (Å²) in [5.74, 6) is -0.983. The lowest BCUT2D eigenvalue weighted by molar-refractivity contribution is -0.142. The number of aliphatic carboxylic acids is 1. The van der Waals surface area contributed by atoms with Gasteiger partial charge in [-0.25, -0.2) is 0 Å². The van der Waals surface area contributed by atoms with E-state index in [0.717, 1.165) is 0 Å². The second-order valence-corrected chi connectivity index (χ2v) is 3.08. The van der Waals surface area contributed by atoms with Crippen LogP contribution in [0.25, 0.3) is 0 Å². The first-order valence-electron chi connectivity index (χ1n) is 3.70. The van der Waals surface area contributed by atoms with Gasteiger partial charge in [0.15, 0.2) is 0 Å². The number of carbonyl (C=O) groups is 1. The fraction of sp³-hybridized carbons (Fsp3) is 0.714. The molecule has 5 nitrogen and oxygen atoms in total. The highest BCUT2D eigenvalue weighted by Crippen LogP contribution is 2.17. The molecule has 1 fully saturated rings. The summed E-state index contributed by atoms with van der Waals surface area (Å²) in [5, 5.41) is 17.1. The standard InChI is InChI=1S/C7H11N3O2/c8-2-4-10-3-1-7(9,5-10)6(11)12/h1,3-5,9H2,(H,11,12). The van der Waals surface area contributed by atoms with Gasteiger partial charge in [-0.3, -0.25) is 9.69 Å². The smallest absolute Gasteiger partial charge is 0.325 e. The number of hydrogen-bond acceptors (Lipinski definition) is 4. The normalized spacial score (nSPS) is 30.0. The van der Waals surface area contributed by atoms with E-state index in [9.17, 15) is 4.79 Å². The number of nitrogens with two attached hydrogens (primary N) is 1. The Morgan fingerprint density at radius 2 is 2.50 bits per heavy atom. The van der Waals surface area contributed by atoms with Gasteiger partial charge in [-0.05, 0) is 6.42 Å². The first-order chi connectivity index (χ1) is 5.58. The van der Waals surface area contributed by atoms with Gasteiger partial charge in [-0.2, -0.15) is 5.26 Å². The fourth-order valence-electron chi connectivity index (χ4n) is 1.32. The summed E-state index contributed by atoms with van der Waals surface area (Å²) in [4.78, 5) is 12.4. The molecule has 3 N–H and O–H groups in total. The highest BCUT2D eigenvalue weighted by Gasteiger charge is 2.40. The summed E-state index contributed by atoms with van der Waals surface area (Å²) in [7, 11) is 0. The van der Waals surface area contributed by atoms with Crippen molar-refractivity contribution < 1.29 is 9.90 Å². The van der Waals surface area contributed by atoms with Gasteiger partial charge < -0.3 is 10.8 Å². The molecule has 1 rings (SSSR count). The summed E-state index contributed by atoms with van der Waals surface area (Å²) in [5.41, 5.74) is 4.43. The summed E-state index contributed by atoms with van der Waals surface area (Å²) >= 11 is 0. The zero-order valence-electron chi connectivity index (χ0n) is 6.66. The lowest BCUT2D eigenvalue weighted by Crippen LogP contribution is -2.50. The van der Waals surface area contributed by atoms with E-state index in [1.54, 1.807) is 4.90 Å². The molecular weight excluding hydrogens is 158 g/mol. The number of carboxylic acids is 1. The first kappa shape index (κ1) is 8.97. The third-order valence-electron chi connectivity index (χ3n) is 2.10. The van der Waals surface area contributed by atoms with Gasteiger partial charge in [0.2, 0.25) is 0 Å². The van der Waals surface area contributed by atoms with Gasteiger partial charge in [0.1, 0.15) is 5.54 Å². The van der Waals surface area contributed by atoms with Crippen molar-refractivity contribution in [3.8, 4) is 6.07 Å². The van der Waals surface area contributed by atoms with Crippen LogP contribution in [0.5, 0.6) is 0 Å². The zero-order valence-corrected chi connectivity index (χ0v) is 6.66. The minimum Gasteiger partial charge on any atom is -0.480 e. The number of rotatable bonds is 2. The molecule has 0 radical (unpaired) electrons. The average molecular weight is 169 g/mol. The van der Waals surface area contributed by atoms with Crippen LogP contribution >= 0.6 is 0 Å². The van der Waals surface area contributed by atoms with Gasteiger partial charge in [-0.15, -0.1) is 0 Å². The summed E-state index contributed by atoms with van der Waals surface area (Å²) in [6.07, 6.45) is 0.421. The molecule has 0 aromatic heterocycles. The molecule has 0 amide bonds. The Labute approximate surface area is 70.4 Å². The number of nitrogens with zero attached hydrogens (tertiary/aromatic N) is 2. The van der Waals surface area contributed by atoms with Gasteiger partial charge in [0.05, 0.1) is 12.6 Å². The molecule has 5 heteroatoms. The monoisotopic (exact) mass is 169 g/mol. The fourth-order valence-corrected chi connectivity index (χ4v) is 1.32. The van der Waals surface area contributed by atoms with E-state index in [1.165, 1.54) is 0 Å². The summed E-state index contributed by atoms with van der Waals surface area (Å²) in [6, 6.07) is 1.96. The number of nitriles is 1. The molecule has 0 aromatic rings. The zero-order chi connectivity index (χ0) is 9.19. The van der Waals surface area contributed by atoms with Crippen molar-refractivity contribution in [2.45, 2.75) is 12.0 Å². The largest absolute Gasteiger partial charge is 0.480 e. The molecule has 0 bridgehead atoms. The second-order valence-electron chi connectivity index (χ2n) is 3.08. The van der Waals surface area contributed by atoms with Gasteiger partial charge in [-0.1, -0.05) is 0 Å². The molecule has 0 spiro atoms. The quantitative estimate of drug-likeness (QED) is 0.517. The van der Waals surface area contributed by atoms with Crippen molar-refractivity contribution >= 4 is 5.97 Å². The molecule has 1 unspecified atom stereocenters. The third kappa shape index (κ3) is 1.55. The van der Waals surface area contributed by atoms with E-state index in [2.05, 4.69) is 0 Å². The number of carboxylic acid groups (broad SMARTS) is 1. The molecule has 12 heavy (non-hydrogen) atoms. The van der Waals surface area contributed by atoms with Gasteiger partial charge >= 0.3 is 5.97 Å². The Bertz CT molecular complexity index is 235. The molecule has 0 saturated carbocycles. The van der Waals surface area contributed by atoms with Crippen molar-refractivity contribution in [1.29, 1.82) is 5.26 Å². The molecule has 66 valence electrons. The lowest BCUT2D eigenvalue weighted by Gasteiger charge is -2.17. The maximum Gasteiger partial charge on any atom is 0.325 e. The molecule has 0 aliphatic carbocycles. The predicted octanol–water partition coefficient (Wildman–Crippen LogP) is -1.00. The van der Waals surface area contributed by atoms with E-state index in [-0.39, 0.29) is 13.1 Å². The molecule has 1 saturated heterocycles. The van der Waals surface area contributed by atoms with Crippen molar-refractivity contribution in [2.75, 3.05) is 19.6 Å². The topological polar surface area (TPSA) is 90.4 Å². The number of likely N-dealkylation sites (tertiary alicyclic amines) is 1. The molecule has 1 atom stereocenters. The predicted molar refractivity (Wildman–Crippen MR) is 41.2 cm³/mol. The molecule has 0 aromatic carbocycles. The van der Waals surface area contributed by atoms with Crippen LogP contribution in [0.1, 0.15) is 6.42 Å². The highest BCUT2D eigenvalue weighted by molar-refractivity contribution is 5.79. The third-order valence-corrected chi connectivity index (χ3v) is 2.10. The van der Waals surface area contributed by atoms with Crippen LogP contribution in [0, 0.1) is 11.3 Å². The minimum atomic E-state index is -1.14. The highest BCUT2D eigenvalue weighted by atomic mass is 16.4. The van der Waals surface area contributed by atoms with Gasteiger partial charge in [0.25, 0.3) is 0 Å².